The van der Waals surface area contributed by atoms with Crippen LogP contribution in [-0.4, -0.2) is 76.0 Å². The van der Waals surface area contributed by atoms with Gasteiger partial charge in [-0.3, -0.25) is 4.79 Å². The smallest absolute Gasteiger partial charge is 0.330 e. The summed E-state index contributed by atoms with van der Waals surface area (Å²) in [6.07, 6.45) is 3.83. The Hall–Kier alpha value is -1.44. The van der Waals surface area contributed by atoms with Crippen molar-refractivity contribution in [2.45, 2.75) is 37.6 Å². The van der Waals surface area contributed by atoms with Crippen LogP contribution < -0.4 is 5.32 Å². The molecule has 7 nitrogen and oxygen atoms in total. The van der Waals surface area contributed by atoms with E-state index in [0.717, 1.165) is 31.7 Å². The summed E-state index contributed by atoms with van der Waals surface area (Å²) in [5, 5.41) is 12.2. The first-order valence-electron chi connectivity index (χ1n) is 8.69. The van der Waals surface area contributed by atoms with Crippen LogP contribution in [0.15, 0.2) is 0 Å². The van der Waals surface area contributed by atoms with Crippen molar-refractivity contribution in [2.24, 2.45) is 5.92 Å². The van der Waals surface area contributed by atoms with E-state index in [1.807, 2.05) is 9.80 Å². The zero-order chi connectivity index (χ0) is 17.2. The highest BCUT2D eigenvalue weighted by molar-refractivity contribution is 7.99. The molecule has 0 aromatic carbocycles. The molecule has 1 atom stereocenters. The Morgan fingerprint density at radius 3 is 2.21 bits per heavy atom. The number of amides is 3. The van der Waals surface area contributed by atoms with Crippen molar-refractivity contribution in [1.29, 1.82) is 0 Å². The third-order valence-corrected chi connectivity index (χ3v) is 6.50. The first-order valence-corrected chi connectivity index (χ1v) is 9.84. The molecular weight excluding hydrogens is 330 g/mol. The molecular formula is C16H25N3O4S. The van der Waals surface area contributed by atoms with Crippen molar-refractivity contribution in [3.63, 3.8) is 0 Å². The number of hydrogen-bond acceptors (Lipinski definition) is 4. The number of urea groups is 1. The average molecular weight is 355 g/mol. The van der Waals surface area contributed by atoms with Crippen molar-refractivity contribution >= 4 is 29.7 Å². The standard InChI is InChI=1S/C16H25N3O4S/c20-13(17-16(14(21)22)5-10-24-11-16)12-3-8-19(9-4-12)15(23)18-6-1-2-7-18/h12H,1-11H2,(H,17,20)(H,21,22). The minimum Gasteiger partial charge on any atom is -0.479 e. The van der Waals surface area contributed by atoms with E-state index in [2.05, 4.69) is 5.32 Å². The fraction of sp³-hybridized carbons (Fsp3) is 0.812. The van der Waals surface area contributed by atoms with Gasteiger partial charge in [-0.05, 0) is 37.9 Å². The number of carboxylic acid groups (broad SMARTS) is 1. The highest BCUT2D eigenvalue weighted by Gasteiger charge is 2.44. The van der Waals surface area contributed by atoms with E-state index in [4.69, 9.17) is 0 Å². The van der Waals surface area contributed by atoms with Crippen LogP contribution in [0.25, 0.3) is 0 Å². The molecule has 0 aromatic heterocycles. The first-order chi connectivity index (χ1) is 11.5. The van der Waals surface area contributed by atoms with Crippen molar-refractivity contribution in [3.05, 3.63) is 0 Å². The van der Waals surface area contributed by atoms with Gasteiger partial charge in [0.25, 0.3) is 0 Å². The van der Waals surface area contributed by atoms with Crippen LogP contribution in [0.5, 0.6) is 0 Å². The lowest BCUT2D eigenvalue weighted by atomic mass is 9.92. The Bertz CT molecular complexity index is 507. The normalized spacial score (nSPS) is 28.2. The lowest BCUT2D eigenvalue weighted by Crippen LogP contribution is -2.57. The Balaban J connectivity index is 1.51. The monoisotopic (exact) mass is 355 g/mol. The SMILES string of the molecule is O=C(NC1(C(=O)O)CCSC1)C1CCN(C(=O)N2CCCC2)CC1. The lowest BCUT2D eigenvalue weighted by Gasteiger charge is -2.35. The summed E-state index contributed by atoms with van der Waals surface area (Å²) in [7, 11) is 0. The predicted molar refractivity (Wildman–Crippen MR) is 91.0 cm³/mol. The quantitative estimate of drug-likeness (QED) is 0.788. The number of carbonyl (C=O) groups excluding carboxylic acids is 2. The number of piperidine rings is 1. The zero-order valence-electron chi connectivity index (χ0n) is 13.8. The zero-order valence-corrected chi connectivity index (χ0v) is 14.6. The van der Waals surface area contributed by atoms with Gasteiger partial charge in [0.05, 0.1) is 0 Å². The van der Waals surface area contributed by atoms with E-state index in [-0.39, 0.29) is 17.9 Å². The second-order valence-electron chi connectivity index (χ2n) is 6.92. The van der Waals surface area contributed by atoms with Crippen LogP contribution >= 0.6 is 11.8 Å². The number of carbonyl (C=O) groups is 3. The van der Waals surface area contributed by atoms with Crippen LogP contribution in [0.1, 0.15) is 32.1 Å². The molecule has 24 heavy (non-hydrogen) atoms. The van der Waals surface area contributed by atoms with Gasteiger partial charge in [0.2, 0.25) is 5.91 Å². The summed E-state index contributed by atoms with van der Waals surface area (Å²) in [4.78, 5) is 40.1. The summed E-state index contributed by atoms with van der Waals surface area (Å²) in [6.45, 7) is 2.81. The van der Waals surface area contributed by atoms with Gasteiger partial charge < -0.3 is 20.2 Å². The molecule has 3 rings (SSSR count). The van der Waals surface area contributed by atoms with E-state index >= 15 is 0 Å². The van der Waals surface area contributed by atoms with Gasteiger partial charge in [-0.15, -0.1) is 0 Å². The van der Waals surface area contributed by atoms with E-state index in [1.165, 1.54) is 0 Å². The fourth-order valence-electron chi connectivity index (χ4n) is 3.66. The Labute approximate surface area is 146 Å². The number of hydrogen-bond donors (Lipinski definition) is 2. The fourth-order valence-corrected chi connectivity index (χ4v) is 4.99. The van der Waals surface area contributed by atoms with Gasteiger partial charge in [0.15, 0.2) is 0 Å². The molecule has 3 fully saturated rings. The van der Waals surface area contributed by atoms with Crippen LogP contribution in [0.4, 0.5) is 4.79 Å². The molecule has 3 aliphatic heterocycles. The molecule has 2 N–H and O–H groups in total. The molecule has 1 unspecified atom stereocenters. The van der Waals surface area contributed by atoms with Crippen LogP contribution in [0.3, 0.4) is 0 Å². The number of rotatable bonds is 3. The molecule has 3 aliphatic rings. The van der Waals surface area contributed by atoms with Gasteiger partial charge in [-0.2, -0.15) is 11.8 Å². The van der Waals surface area contributed by atoms with Crippen LogP contribution in [0, 0.1) is 5.92 Å². The number of nitrogens with zero attached hydrogens (tertiary/aromatic N) is 2. The van der Waals surface area contributed by atoms with E-state index in [0.29, 0.717) is 38.1 Å². The molecule has 0 aromatic rings. The lowest BCUT2D eigenvalue weighted by molar-refractivity contribution is -0.147. The Morgan fingerprint density at radius 2 is 1.67 bits per heavy atom. The molecule has 0 bridgehead atoms. The molecule has 3 heterocycles. The topological polar surface area (TPSA) is 90.0 Å². The van der Waals surface area contributed by atoms with Crippen LogP contribution in [0.2, 0.25) is 0 Å². The second-order valence-corrected chi connectivity index (χ2v) is 8.02. The summed E-state index contributed by atoms with van der Waals surface area (Å²) < 4.78 is 0. The minimum atomic E-state index is -1.11. The van der Waals surface area contributed by atoms with Gasteiger partial charge in [0.1, 0.15) is 5.54 Å². The van der Waals surface area contributed by atoms with Gasteiger partial charge in [-0.25, -0.2) is 9.59 Å². The van der Waals surface area contributed by atoms with E-state index in [1.54, 1.807) is 11.8 Å². The maximum absolute atomic E-state index is 12.5. The van der Waals surface area contributed by atoms with Gasteiger partial charge in [0, 0.05) is 37.8 Å². The van der Waals surface area contributed by atoms with Crippen molar-refractivity contribution in [3.8, 4) is 0 Å². The van der Waals surface area contributed by atoms with Crippen molar-refractivity contribution in [2.75, 3.05) is 37.7 Å². The number of thioether (sulfide) groups is 1. The molecule has 3 saturated heterocycles. The number of likely N-dealkylation sites (tertiary alicyclic amines) is 2. The molecule has 0 spiro atoms. The van der Waals surface area contributed by atoms with E-state index in [9.17, 15) is 19.5 Å². The summed E-state index contributed by atoms with van der Waals surface area (Å²) in [5.74, 6) is -0.124. The number of aliphatic carboxylic acids is 1. The van der Waals surface area contributed by atoms with Gasteiger partial charge >= 0.3 is 12.0 Å². The first kappa shape index (κ1) is 17.4. The molecule has 3 amide bonds. The molecule has 0 aliphatic carbocycles. The Morgan fingerprint density at radius 1 is 1.04 bits per heavy atom. The third kappa shape index (κ3) is 3.48. The summed E-state index contributed by atoms with van der Waals surface area (Å²) in [6, 6.07) is 0.0838. The maximum Gasteiger partial charge on any atom is 0.330 e. The average Bonchev–Trinajstić information content (AvgIpc) is 3.26. The van der Waals surface area contributed by atoms with E-state index < -0.39 is 11.5 Å². The molecule has 0 radical (unpaired) electrons. The highest BCUT2D eigenvalue weighted by Crippen LogP contribution is 2.29. The second kappa shape index (κ2) is 7.21. The predicted octanol–water partition coefficient (Wildman–Crippen LogP) is 0.991. The summed E-state index contributed by atoms with van der Waals surface area (Å²) in [5.41, 5.74) is -1.11. The largest absolute Gasteiger partial charge is 0.479 e. The van der Waals surface area contributed by atoms with Gasteiger partial charge in [-0.1, -0.05) is 0 Å². The number of carboxylic acids is 1. The highest BCUT2D eigenvalue weighted by atomic mass is 32.2. The molecule has 134 valence electrons. The third-order valence-electron chi connectivity index (χ3n) is 5.31. The summed E-state index contributed by atoms with van der Waals surface area (Å²) >= 11 is 1.56. The molecule has 0 saturated carbocycles. The van der Waals surface area contributed by atoms with Crippen molar-refractivity contribution < 1.29 is 19.5 Å². The minimum absolute atomic E-state index is 0.0838. The number of nitrogens with one attached hydrogen (secondary N) is 1. The Kier molecular flexibility index (Phi) is 5.22. The molecule has 8 heteroatoms. The van der Waals surface area contributed by atoms with Crippen LogP contribution in [-0.2, 0) is 9.59 Å². The maximum atomic E-state index is 12.5. The van der Waals surface area contributed by atoms with Crippen molar-refractivity contribution in [1.82, 2.24) is 15.1 Å².